The summed E-state index contributed by atoms with van der Waals surface area (Å²) in [6, 6.07) is 0. The van der Waals surface area contributed by atoms with Crippen LogP contribution in [0.15, 0.2) is 19.0 Å². The van der Waals surface area contributed by atoms with E-state index in [-0.39, 0.29) is 0 Å². The highest BCUT2D eigenvalue weighted by atomic mass is 15.2. The summed E-state index contributed by atoms with van der Waals surface area (Å²) < 4.78 is 0. The molecule has 6 heteroatoms. The Morgan fingerprint density at radius 2 is 2.17 bits per heavy atom. The Bertz CT molecular complexity index is 555. The van der Waals surface area contributed by atoms with Crippen LogP contribution < -0.4 is 10.2 Å². The average molecular weight is 244 g/mol. The minimum absolute atomic E-state index is 0.720. The van der Waals surface area contributed by atoms with Gasteiger partial charge in [-0.2, -0.15) is 0 Å². The molecule has 1 aliphatic heterocycles. The Morgan fingerprint density at radius 3 is 2.94 bits per heavy atom. The lowest BCUT2D eigenvalue weighted by Crippen LogP contribution is -2.44. The maximum absolute atomic E-state index is 4.44. The van der Waals surface area contributed by atoms with Crippen molar-refractivity contribution in [1.82, 2.24) is 25.3 Å². The van der Waals surface area contributed by atoms with E-state index in [4.69, 9.17) is 0 Å². The van der Waals surface area contributed by atoms with Crippen LogP contribution in [0.3, 0.4) is 0 Å². The van der Waals surface area contributed by atoms with Gasteiger partial charge < -0.3 is 15.2 Å². The second-order valence-electron chi connectivity index (χ2n) is 4.31. The van der Waals surface area contributed by atoms with E-state index in [9.17, 15) is 0 Å². The molecule has 0 atom stereocenters. The first-order chi connectivity index (χ1) is 8.88. The molecule has 0 aliphatic carbocycles. The number of piperazine rings is 1. The third kappa shape index (κ3) is 1.95. The number of allylic oxidation sites excluding steroid dienone is 1. The van der Waals surface area contributed by atoms with Crippen LogP contribution in [0.5, 0.6) is 0 Å². The molecular weight excluding hydrogens is 228 g/mol. The summed E-state index contributed by atoms with van der Waals surface area (Å²) in [5.41, 5.74) is 1.66. The molecule has 0 aromatic carbocycles. The van der Waals surface area contributed by atoms with Gasteiger partial charge in [0.1, 0.15) is 17.7 Å². The van der Waals surface area contributed by atoms with Gasteiger partial charge in [0, 0.05) is 32.6 Å². The van der Waals surface area contributed by atoms with Crippen molar-refractivity contribution >= 4 is 17.0 Å². The Labute approximate surface area is 105 Å². The molecule has 3 heterocycles. The molecule has 94 valence electrons. The maximum Gasteiger partial charge on any atom is 0.183 e. The van der Waals surface area contributed by atoms with E-state index in [0.717, 1.165) is 55.4 Å². The summed E-state index contributed by atoms with van der Waals surface area (Å²) in [6.07, 6.45) is 4.13. The fourth-order valence-corrected chi connectivity index (χ4v) is 2.21. The largest absolute Gasteiger partial charge is 0.352 e. The zero-order valence-corrected chi connectivity index (χ0v) is 10.2. The summed E-state index contributed by atoms with van der Waals surface area (Å²) in [4.78, 5) is 18.6. The molecule has 2 N–H and O–H groups in total. The lowest BCUT2D eigenvalue weighted by molar-refractivity contribution is 0.586. The lowest BCUT2D eigenvalue weighted by Gasteiger charge is -2.28. The number of fused-ring (bicyclic) bond motifs is 1. The van der Waals surface area contributed by atoms with E-state index in [1.165, 1.54) is 0 Å². The number of H-pyrrole nitrogens is 1. The Morgan fingerprint density at radius 1 is 1.33 bits per heavy atom. The fraction of sp³-hybridized carbons (Fsp3) is 0.417. The zero-order valence-electron chi connectivity index (χ0n) is 10.2. The van der Waals surface area contributed by atoms with Crippen molar-refractivity contribution in [3.8, 4) is 0 Å². The molecule has 0 spiro atoms. The number of nitrogens with zero attached hydrogens (tertiary/aromatic N) is 4. The van der Waals surface area contributed by atoms with Crippen molar-refractivity contribution in [3.05, 3.63) is 24.8 Å². The third-order valence-corrected chi connectivity index (χ3v) is 3.07. The predicted octanol–water partition coefficient (Wildman–Crippen LogP) is 0.491. The van der Waals surface area contributed by atoms with Gasteiger partial charge in [0.2, 0.25) is 0 Å². The topological polar surface area (TPSA) is 69.7 Å². The molecule has 0 amide bonds. The van der Waals surface area contributed by atoms with E-state index >= 15 is 0 Å². The summed E-state index contributed by atoms with van der Waals surface area (Å²) >= 11 is 0. The molecule has 0 radical (unpaired) electrons. The molecular formula is C12H16N6. The first-order valence-corrected chi connectivity index (χ1v) is 6.14. The molecule has 1 fully saturated rings. The molecule has 1 saturated heterocycles. The molecule has 3 rings (SSSR count). The van der Waals surface area contributed by atoms with Crippen LogP contribution in [0, 0.1) is 0 Å². The quantitative estimate of drug-likeness (QED) is 0.769. The number of aromatic nitrogens is 4. The molecule has 6 nitrogen and oxygen atoms in total. The second kappa shape index (κ2) is 4.73. The molecule has 1 aliphatic rings. The number of hydrogen-bond acceptors (Lipinski definition) is 5. The number of aromatic amines is 1. The van der Waals surface area contributed by atoms with Crippen LogP contribution >= 0.6 is 0 Å². The van der Waals surface area contributed by atoms with Crippen LogP contribution in [0.1, 0.15) is 5.82 Å². The Kier molecular flexibility index (Phi) is 2.93. The number of imidazole rings is 1. The minimum atomic E-state index is 0.720. The summed E-state index contributed by atoms with van der Waals surface area (Å²) in [6.45, 7) is 7.61. The second-order valence-corrected chi connectivity index (χ2v) is 4.31. The Balaban J connectivity index is 2.02. The van der Waals surface area contributed by atoms with Gasteiger partial charge in [-0.3, -0.25) is 0 Å². The molecule has 2 aromatic heterocycles. The molecule has 0 bridgehead atoms. The van der Waals surface area contributed by atoms with Gasteiger partial charge in [-0.05, 0) is 0 Å². The van der Waals surface area contributed by atoms with Gasteiger partial charge in [-0.25, -0.2) is 15.0 Å². The third-order valence-electron chi connectivity index (χ3n) is 3.07. The molecule has 0 unspecified atom stereocenters. The maximum atomic E-state index is 4.44. The van der Waals surface area contributed by atoms with E-state index in [2.05, 4.69) is 36.7 Å². The number of nitrogens with one attached hydrogen (secondary N) is 2. The lowest BCUT2D eigenvalue weighted by atomic mass is 10.3. The monoisotopic (exact) mass is 244 g/mol. The minimum Gasteiger partial charge on any atom is -0.352 e. The van der Waals surface area contributed by atoms with Crippen LogP contribution in [-0.4, -0.2) is 46.1 Å². The van der Waals surface area contributed by atoms with Crippen LogP contribution in [0.25, 0.3) is 11.2 Å². The van der Waals surface area contributed by atoms with Crippen LogP contribution in [0.2, 0.25) is 0 Å². The number of hydrogen-bond donors (Lipinski definition) is 2. The van der Waals surface area contributed by atoms with Crippen molar-refractivity contribution < 1.29 is 0 Å². The Hall–Kier alpha value is -1.95. The van der Waals surface area contributed by atoms with E-state index < -0.39 is 0 Å². The fourth-order valence-electron chi connectivity index (χ4n) is 2.21. The van der Waals surface area contributed by atoms with Gasteiger partial charge in [-0.15, -0.1) is 6.58 Å². The smallest absolute Gasteiger partial charge is 0.183 e. The molecule has 18 heavy (non-hydrogen) atoms. The SMILES string of the molecule is C=CCc1nc2ncnc(N3CCNCC3)c2[nH]1. The van der Waals surface area contributed by atoms with Gasteiger partial charge >= 0.3 is 0 Å². The first-order valence-electron chi connectivity index (χ1n) is 6.14. The van der Waals surface area contributed by atoms with Gasteiger partial charge in [0.05, 0.1) is 0 Å². The van der Waals surface area contributed by atoms with Gasteiger partial charge in [0.15, 0.2) is 11.5 Å². The van der Waals surface area contributed by atoms with Gasteiger partial charge in [-0.1, -0.05) is 6.08 Å². The van der Waals surface area contributed by atoms with Crippen molar-refractivity contribution in [2.75, 3.05) is 31.1 Å². The number of anilines is 1. The highest BCUT2D eigenvalue weighted by Crippen LogP contribution is 2.21. The number of rotatable bonds is 3. The van der Waals surface area contributed by atoms with Crippen LogP contribution in [-0.2, 0) is 6.42 Å². The predicted molar refractivity (Wildman–Crippen MR) is 70.7 cm³/mol. The summed E-state index contributed by atoms with van der Waals surface area (Å²) in [5, 5.41) is 3.33. The van der Waals surface area contributed by atoms with Crippen molar-refractivity contribution in [2.45, 2.75) is 6.42 Å². The standard InChI is InChI=1S/C12H16N6/c1-2-3-9-16-10-11(17-9)14-8-15-12(10)18-6-4-13-5-7-18/h2,8,13H,1,3-7H2,(H,14,15,16,17). The van der Waals surface area contributed by atoms with E-state index in [0.29, 0.717) is 0 Å². The highest BCUT2D eigenvalue weighted by molar-refractivity contribution is 5.83. The van der Waals surface area contributed by atoms with E-state index in [1.54, 1.807) is 6.33 Å². The van der Waals surface area contributed by atoms with Crippen LogP contribution in [0.4, 0.5) is 5.82 Å². The zero-order chi connectivity index (χ0) is 12.4. The van der Waals surface area contributed by atoms with Gasteiger partial charge in [0.25, 0.3) is 0 Å². The average Bonchev–Trinajstić information content (AvgIpc) is 2.82. The molecule has 0 saturated carbocycles. The van der Waals surface area contributed by atoms with Crippen molar-refractivity contribution in [3.63, 3.8) is 0 Å². The summed E-state index contributed by atoms with van der Waals surface area (Å²) in [7, 11) is 0. The highest BCUT2D eigenvalue weighted by Gasteiger charge is 2.17. The van der Waals surface area contributed by atoms with E-state index in [1.807, 2.05) is 6.08 Å². The summed E-state index contributed by atoms with van der Waals surface area (Å²) in [5.74, 6) is 1.83. The van der Waals surface area contributed by atoms with Crippen molar-refractivity contribution in [1.29, 1.82) is 0 Å². The molecule has 2 aromatic rings. The van der Waals surface area contributed by atoms with Crippen molar-refractivity contribution in [2.24, 2.45) is 0 Å². The normalized spacial score (nSPS) is 16.1. The first kappa shape index (κ1) is 11.2.